The summed E-state index contributed by atoms with van der Waals surface area (Å²) < 4.78 is 15.4. The van der Waals surface area contributed by atoms with E-state index in [4.69, 9.17) is 0 Å². The normalized spacial score (nSPS) is 18.2. The maximum atomic E-state index is 13.2. The Kier molecular flexibility index (Phi) is 5.78. The minimum atomic E-state index is -0.247. The maximum Gasteiger partial charge on any atom is 0.233 e. The highest BCUT2D eigenvalue weighted by Gasteiger charge is 2.25. The molecule has 1 aliphatic heterocycles. The van der Waals surface area contributed by atoms with Crippen LogP contribution >= 0.6 is 11.8 Å². The number of hydrogen-bond acceptors (Lipinski definition) is 3. The number of benzene rings is 1. The zero-order valence-corrected chi connectivity index (χ0v) is 15.5. The van der Waals surface area contributed by atoms with Gasteiger partial charge in [0.15, 0.2) is 5.16 Å². The van der Waals surface area contributed by atoms with Crippen LogP contribution in [0.4, 0.5) is 4.39 Å². The molecule has 0 radical (unpaired) electrons. The summed E-state index contributed by atoms with van der Waals surface area (Å²) in [5.74, 6) is 0.295. The number of amides is 1. The lowest BCUT2D eigenvalue weighted by molar-refractivity contribution is -0.120. The van der Waals surface area contributed by atoms with E-state index in [1.807, 2.05) is 6.20 Å². The van der Waals surface area contributed by atoms with Gasteiger partial charge in [-0.3, -0.25) is 4.79 Å². The van der Waals surface area contributed by atoms with Gasteiger partial charge in [-0.05, 0) is 48.6 Å². The van der Waals surface area contributed by atoms with E-state index in [-0.39, 0.29) is 17.0 Å². The van der Waals surface area contributed by atoms with E-state index < -0.39 is 0 Å². The number of aromatic nitrogens is 2. The van der Waals surface area contributed by atoms with Gasteiger partial charge in [0.05, 0.1) is 17.1 Å². The first-order chi connectivity index (χ1) is 12.0. The molecule has 2 aromatic rings. The first-order valence-corrected chi connectivity index (χ1v) is 9.68. The number of thioether (sulfide) groups is 1. The van der Waals surface area contributed by atoms with Gasteiger partial charge in [0.2, 0.25) is 5.91 Å². The SMILES string of the molecule is CC(C)Cn1c(-c2ccc(F)cc2)cnc1S[C@H]1CCCCNC1=O. The van der Waals surface area contributed by atoms with E-state index in [1.54, 1.807) is 12.1 Å². The van der Waals surface area contributed by atoms with Gasteiger partial charge in [-0.15, -0.1) is 0 Å². The first-order valence-electron chi connectivity index (χ1n) is 8.80. The fourth-order valence-electron chi connectivity index (χ4n) is 3.00. The Hall–Kier alpha value is -1.82. The quantitative estimate of drug-likeness (QED) is 0.872. The highest BCUT2D eigenvalue weighted by atomic mass is 32.2. The molecule has 4 nitrogen and oxygen atoms in total. The van der Waals surface area contributed by atoms with Crippen LogP contribution in [0.2, 0.25) is 0 Å². The van der Waals surface area contributed by atoms with Crippen LogP contribution in [-0.2, 0) is 11.3 Å². The van der Waals surface area contributed by atoms with Crippen LogP contribution in [0, 0.1) is 11.7 Å². The number of hydrogen-bond donors (Lipinski definition) is 1. The van der Waals surface area contributed by atoms with Gasteiger partial charge in [0.25, 0.3) is 0 Å². The lowest BCUT2D eigenvalue weighted by atomic mass is 10.1. The lowest BCUT2D eigenvalue weighted by Crippen LogP contribution is -2.30. The zero-order chi connectivity index (χ0) is 17.8. The fraction of sp³-hybridized carbons (Fsp3) is 0.474. The molecule has 6 heteroatoms. The summed E-state index contributed by atoms with van der Waals surface area (Å²) in [6, 6.07) is 6.48. The fourth-order valence-corrected chi connectivity index (χ4v) is 4.14. The van der Waals surface area contributed by atoms with Gasteiger partial charge >= 0.3 is 0 Å². The van der Waals surface area contributed by atoms with Gasteiger partial charge in [0, 0.05) is 13.1 Å². The second kappa shape index (κ2) is 8.04. The maximum absolute atomic E-state index is 13.2. The molecule has 1 aromatic carbocycles. The van der Waals surface area contributed by atoms with Crippen LogP contribution < -0.4 is 5.32 Å². The smallest absolute Gasteiger partial charge is 0.233 e. The summed E-state index contributed by atoms with van der Waals surface area (Å²) in [5.41, 5.74) is 1.90. The summed E-state index contributed by atoms with van der Waals surface area (Å²) in [4.78, 5) is 16.8. The van der Waals surface area contributed by atoms with E-state index in [2.05, 4.69) is 28.7 Å². The van der Waals surface area contributed by atoms with E-state index in [9.17, 15) is 9.18 Å². The molecule has 0 aliphatic carbocycles. The highest BCUT2D eigenvalue weighted by Crippen LogP contribution is 2.32. The summed E-state index contributed by atoms with van der Waals surface area (Å²) in [7, 11) is 0. The second-order valence-electron chi connectivity index (χ2n) is 6.83. The van der Waals surface area contributed by atoms with Crippen LogP contribution in [-0.4, -0.2) is 27.3 Å². The Balaban J connectivity index is 1.90. The molecular weight excluding hydrogens is 337 g/mol. The molecule has 1 atom stereocenters. The summed E-state index contributed by atoms with van der Waals surface area (Å²) >= 11 is 1.54. The van der Waals surface area contributed by atoms with Crippen molar-refractivity contribution in [3.05, 3.63) is 36.3 Å². The molecule has 1 amide bonds. The van der Waals surface area contributed by atoms with Gasteiger partial charge in [-0.1, -0.05) is 32.0 Å². The molecule has 1 fully saturated rings. The number of nitrogens with one attached hydrogen (secondary N) is 1. The van der Waals surface area contributed by atoms with Crippen molar-refractivity contribution in [3.63, 3.8) is 0 Å². The topological polar surface area (TPSA) is 46.9 Å². The van der Waals surface area contributed by atoms with Gasteiger partial charge in [-0.25, -0.2) is 9.37 Å². The predicted molar refractivity (Wildman–Crippen MR) is 99.0 cm³/mol. The van der Waals surface area contributed by atoms with Crippen molar-refractivity contribution in [1.82, 2.24) is 14.9 Å². The Morgan fingerprint density at radius 1 is 1.32 bits per heavy atom. The lowest BCUT2D eigenvalue weighted by Gasteiger charge is -2.17. The van der Waals surface area contributed by atoms with Crippen LogP contribution in [0.3, 0.4) is 0 Å². The molecule has 1 aliphatic rings. The number of carbonyl (C=O) groups excluding carboxylic acids is 1. The Morgan fingerprint density at radius 3 is 2.80 bits per heavy atom. The van der Waals surface area contributed by atoms with Crippen molar-refractivity contribution in [1.29, 1.82) is 0 Å². The molecule has 0 spiro atoms. The number of carbonyl (C=O) groups is 1. The molecule has 0 saturated carbocycles. The molecular formula is C19H24FN3OS. The van der Waals surface area contributed by atoms with Crippen LogP contribution in [0.5, 0.6) is 0 Å². The summed E-state index contributed by atoms with van der Waals surface area (Å²) in [6.45, 7) is 5.88. The van der Waals surface area contributed by atoms with Crippen LogP contribution in [0.1, 0.15) is 33.1 Å². The van der Waals surface area contributed by atoms with Crippen molar-refractivity contribution >= 4 is 17.7 Å². The molecule has 0 bridgehead atoms. The molecule has 134 valence electrons. The van der Waals surface area contributed by atoms with Crippen molar-refractivity contribution in [3.8, 4) is 11.3 Å². The molecule has 1 aromatic heterocycles. The number of rotatable bonds is 5. The van der Waals surface area contributed by atoms with E-state index >= 15 is 0 Å². The standard InChI is InChI=1S/C19H24FN3OS/c1-13(2)12-23-16(14-6-8-15(20)9-7-14)11-22-19(23)25-17-5-3-4-10-21-18(17)24/h6-9,11,13,17H,3-5,10,12H2,1-2H3,(H,21,24)/t17-/m0/s1. The number of imidazole rings is 1. The first kappa shape index (κ1) is 18.0. The van der Waals surface area contributed by atoms with Crippen molar-refractivity contribution in [2.75, 3.05) is 6.54 Å². The minimum Gasteiger partial charge on any atom is -0.355 e. The van der Waals surface area contributed by atoms with E-state index in [1.165, 1.54) is 23.9 Å². The number of nitrogens with zero attached hydrogens (tertiary/aromatic N) is 2. The molecule has 2 heterocycles. The molecule has 3 rings (SSSR count). The Bertz CT molecular complexity index is 727. The van der Waals surface area contributed by atoms with Crippen LogP contribution in [0.15, 0.2) is 35.6 Å². The average Bonchev–Trinajstić information content (AvgIpc) is 2.83. The highest BCUT2D eigenvalue weighted by molar-refractivity contribution is 8.00. The Labute approximate surface area is 152 Å². The largest absolute Gasteiger partial charge is 0.355 e. The predicted octanol–water partition coefficient (Wildman–Crippen LogP) is 4.11. The summed E-state index contributed by atoms with van der Waals surface area (Å²) in [6.07, 6.45) is 4.78. The third-order valence-corrected chi connectivity index (χ3v) is 5.51. The summed E-state index contributed by atoms with van der Waals surface area (Å²) in [5, 5.41) is 3.74. The minimum absolute atomic E-state index is 0.100. The van der Waals surface area contributed by atoms with Crippen molar-refractivity contribution < 1.29 is 9.18 Å². The molecule has 1 N–H and O–H groups in total. The monoisotopic (exact) mass is 361 g/mol. The van der Waals surface area contributed by atoms with Crippen molar-refractivity contribution in [2.24, 2.45) is 5.92 Å². The molecule has 25 heavy (non-hydrogen) atoms. The van der Waals surface area contributed by atoms with Gasteiger partial charge in [-0.2, -0.15) is 0 Å². The second-order valence-corrected chi connectivity index (χ2v) is 8.00. The Morgan fingerprint density at radius 2 is 2.08 bits per heavy atom. The zero-order valence-electron chi connectivity index (χ0n) is 14.7. The van der Waals surface area contributed by atoms with Gasteiger partial charge in [0.1, 0.15) is 5.82 Å². The van der Waals surface area contributed by atoms with E-state index in [0.717, 1.165) is 48.8 Å². The molecule has 0 unspecified atom stereocenters. The average molecular weight is 361 g/mol. The molecule has 1 saturated heterocycles. The third kappa shape index (κ3) is 4.42. The van der Waals surface area contributed by atoms with E-state index in [0.29, 0.717) is 5.92 Å². The number of halogens is 1. The van der Waals surface area contributed by atoms with Crippen molar-refractivity contribution in [2.45, 2.75) is 50.1 Å². The third-order valence-electron chi connectivity index (χ3n) is 4.24. The van der Waals surface area contributed by atoms with Gasteiger partial charge < -0.3 is 9.88 Å². The van der Waals surface area contributed by atoms with Crippen LogP contribution in [0.25, 0.3) is 11.3 Å².